The molecule has 0 aromatic carbocycles. The molecule has 5 nitrogen and oxygen atoms in total. The van der Waals surface area contributed by atoms with Gasteiger partial charge in [-0.15, -0.1) is 0 Å². The number of amides is 2. The van der Waals surface area contributed by atoms with Gasteiger partial charge in [-0.1, -0.05) is 19.8 Å². The quantitative estimate of drug-likeness (QED) is 0.329. The lowest BCUT2D eigenvalue weighted by atomic mass is 9.98. The van der Waals surface area contributed by atoms with Crippen LogP contribution in [0.3, 0.4) is 0 Å². The molecule has 1 aliphatic heterocycles. The number of rotatable bonds is 7. The number of unbranched alkanes of at least 4 members (excludes halogenated alkanes) is 2. The summed E-state index contributed by atoms with van der Waals surface area (Å²) in [5, 5.41) is 12.1. The smallest absolute Gasteiger partial charge is 0.257 e. The molecule has 22 heavy (non-hydrogen) atoms. The van der Waals surface area contributed by atoms with Crippen molar-refractivity contribution in [1.29, 1.82) is 0 Å². The molecule has 124 valence electrons. The molecule has 0 aromatic heterocycles. The minimum atomic E-state index is -0.253. The van der Waals surface area contributed by atoms with Gasteiger partial charge in [-0.05, 0) is 37.7 Å². The van der Waals surface area contributed by atoms with Crippen molar-refractivity contribution in [2.75, 3.05) is 20.1 Å². The molecule has 5 heteroatoms. The molecule has 0 saturated carbocycles. The summed E-state index contributed by atoms with van der Waals surface area (Å²) in [6.07, 6.45) is 9.02. The minimum absolute atomic E-state index is 0.172. The number of likely N-dealkylation sites (N-methyl/N-ethyl adjacent to an activating group) is 1. The van der Waals surface area contributed by atoms with Crippen LogP contribution in [0, 0.1) is 0 Å². The monoisotopic (exact) mass is 308 g/mol. The largest absolute Gasteiger partial charge is 0.515 e. The summed E-state index contributed by atoms with van der Waals surface area (Å²) in [6, 6.07) is 0. The second kappa shape index (κ2) is 10.0. The van der Waals surface area contributed by atoms with Crippen molar-refractivity contribution in [2.24, 2.45) is 0 Å². The summed E-state index contributed by atoms with van der Waals surface area (Å²) < 4.78 is 0. The maximum atomic E-state index is 12.6. The molecule has 1 aliphatic rings. The molecular weight excluding hydrogens is 280 g/mol. The minimum Gasteiger partial charge on any atom is -0.515 e. The van der Waals surface area contributed by atoms with Gasteiger partial charge in [0.1, 0.15) is 0 Å². The highest BCUT2D eigenvalue weighted by Crippen LogP contribution is 2.22. The van der Waals surface area contributed by atoms with Gasteiger partial charge in [-0.25, -0.2) is 0 Å². The van der Waals surface area contributed by atoms with E-state index in [0.29, 0.717) is 12.0 Å². The first-order valence-corrected chi connectivity index (χ1v) is 8.20. The summed E-state index contributed by atoms with van der Waals surface area (Å²) in [4.78, 5) is 26.0. The van der Waals surface area contributed by atoms with Gasteiger partial charge in [0.2, 0.25) is 5.91 Å². The first kappa shape index (κ1) is 18.3. The topological polar surface area (TPSA) is 69.6 Å². The van der Waals surface area contributed by atoms with E-state index in [1.165, 1.54) is 6.08 Å². The standard InChI is InChI=1S/C17H28N2O3/c1-3-4-6-9-14(12-16(21)18-2)15(13-20)17(22)19-10-7-5-8-11-19/h12-13,20H,3-11H2,1-2H3,(H,18,21)/b14-12-,15-13-. The fourth-order valence-corrected chi connectivity index (χ4v) is 2.62. The van der Waals surface area contributed by atoms with Gasteiger partial charge in [0.15, 0.2) is 0 Å². The highest BCUT2D eigenvalue weighted by atomic mass is 16.2. The van der Waals surface area contributed by atoms with E-state index in [1.54, 1.807) is 11.9 Å². The van der Waals surface area contributed by atoms with Crippen LogP contribution in [0.4, 0.5) is 0 Å². The first-order chi connectivity index (χ1) is 10.6. The number of likely N-dealkylation sites (tertiary alicyclic amines) is 1. The van der Waals surface area contributed by atoms with Crippen LogP contribution in [-0.2, 0) is 9.59 Å². The Morgan fingerprint density at radius 3 is 2.41 bits per heavy atom. The van der Waals surface area contributed by atoms with Crippen LogP contribution in [0.15, 0.2) is 23.5 Å². The van der Waals surface area contributed by atoms with Crippen molar-refractivity contribution in [3.05, 3.63) is 23.5 Å². The van der Waals surface area contributed by atoms with Gasteiger partial charge >= 0.3 is 0 Å². The summed E-state index contributed by atoms with van der Waals surface area (Å²) in [5.74, 6) is -0.425. The van der Waals surface area contributed by atoms with Gasteiger partial charge in [0.05, 0.1) is 11.8 Å². The Morgan fingerprint density at radius 2 is 1.86 bits per heavy atom. The fourth-order valence-electron chi connectivity index (χ4n) is 2.62. The van der Waals surface area contributed by atoms with E-state index in [9.17, 15) is 14.7 Å². The molecule has 2 N–H and O–H groups in total. The van der Waals surface area contributed by atoms with Gasteiger partial charge in [-0.2, -0.15) is 0 Å². The van der Waals surface area contributed by atoms with Crippen molar-refractivity contribution in [3.63, 3.8) is 0 Å². The summed E-state index contributed by atoms with van der Waals surface area (Å²) in [6.45, 7) is 3.54. The normalized spacial score (nSPS) is 16.5. The summed E-state index contributed by atoms with van der Waals surface area (Å²) in [5.41, 5.74) is 0.868. The van der Waals surface area contributed by atoms with Crippen molar-refractivity contribution in [1.82, 2.24) is 10.2 Å². The molecule has 0 radical (unpaired) electrons. The zero-order chi connectivity index (χ0) is 16.4. The van der Waals surface area contributed by atoms with E-state index in [2.05, 4.69) is 12.2 Å². The molecule has 0 aliphatic carbocycles. The molecule has 0 atom stereocenters. The van der Waals surface area contributed by atoms with Gasteiger partial charge in [-0.3, -0.25) is 9.59 Å². The highest BCUT2D eigenvalue weighted by Gasteiger charge is 2.23. The Hall–Kier alpha value is -1.78. The van der Waals surface area contributed by atoms with E-state index in [0.717, 1.165) is 57.9 Å². The molecule has 0 bridgehead atoms. The summed E-state index contributed by atoms with van der Waals surface area (Å²) in [7, 11) is 1.55. The number of hydrogen-bond donors (Lipinski definition) is 2. The van der Waals surface area contributed by atoms with Gasteiger partial charge in [0.25, 0.3) is 5.91 Å². The molecular formula is C17H28N2O3. The van der Waals surface area contributed by atoms with Crippen molar-refractivity contribution in [3.8, 4) is 0 Å². The predicted molar refractivity (Wildman–Crippen MR) is 87.4 cm³/mol. The molecule has 2 amide bonds. The molecule has 0 unspecified atom stereocenters. The van der Waals surface area contributed by atoms with E-state index in [-0.39, 0.29) is 17.4 Å². The van der Waals surface area contributed by atoms with Crippen LogP contribution in [0.5, 0.6) is 0 Å². The van der Waals surface area contributed by atoms with E-state index in [4.69, 9.17) is 0 Å². The van der Waals surface area contributed by atoms with Crippen LogP contribution >= 0.6 is 0 Å². The number of aliphatic hydroxyl groups is 1. The zero-order valence-electron chi connectivity index (χ0n) is 13.7. The lowest BCUT2D eigenvalue weighted by molar-refractivity contribution is -0.127. The van der Waals surface area contributed by atoms with Crippen molar-refractivity contribution < 1.29 is 14.7 Å². The predicted octanol–water partition coefficient (Wildman–Crippen LogP) is 2.69. The molecule has 1 rings (SSSR count). The second-order valence-electron chi connectivity index (χ2n) is 5.64. The molecule has 0 spiro atoms. The fraction of sp³-hybridized carbons (Fsp3) is 0.647. The van der Waals surface area contributed by atoms with Crippen LogP contribution in [0.25, 0.3) is 0 Å². The Kier molecular flexibility index (Phi) is 8.33. The average molecular weight is 308 g/mol. The zero-order valence-corrected chi connectivity index (χ0v) is 13.7. The Morgan fingerprint density at radius 1 is 1.18 bits per heavy atom. The number of nitrogens with one attached hydrogen (secondary N) is 1. The third-order valence-corrected chi connectivity index (χ3v) is 3.95. The Balaban J connectivity index is 2.89. The number of hydrogen-bond acceptors (Lipinski definition) is 3. The molecule has 1 fully saturated rings. The Bertz CT molecular complexity index is 435. The third-order valence-electron chi connectivity index (χ3n) is 3.95. The number of carbonyl (C=O) groups is 2. The third kappa shape index (κ3) is 5.54. The Labute approximate surface area is 133 Å². The number of aliphatic hydroxyl groups excluding tert-OH is 1. The first-order valence-electron chi connectivity index (χ1n) is 8.20. The van der Waals surface area contributed by atoms with Crippen molar-refractivity contribution >= 4 is 11.8 Å². The van der Waals surface area contributed by atoms with Crippen LogP contribution in [0.1, 0.15) is 51.9 Å². The summed E-state index contributed by atoms with van der Waals surface area (Å²) >= 11 is 0. The molecule has 1 saturated heterocycles. The molecule has 0 aromatic rings. The SMILES string of the molecule is CCCCCC(=C/C(=O)NC)/C(=C/O)C(=O)N1CCCCC1. The number of nitrogens with zero attached hydrogens (tertiary/aromatic N) is 1. The lowest BCUT2D eigenvalue weighted by Gasteiger charge is -2.28. The van der Waals surface area contributed by atoms with Gasteiger partial charge in [0, 0.05) is 26.2 Å². The highest BCUT2D eigenvalue weighted by molar-refractivity contribution is 6.00. The number of carbonyl (C=O) groups excluding carboxylic acids is 2. The molecule has 1 heterocycles. The average Bonchev–Trinajstić information content (AvgIpc) is 2.56. The maximum Gasteiger partial charge on any atom is 0.257 e. The van der Waals surface area contributed by atoms with E-state index < -0.39 is 0 Å². The maximum absolute atomic E-state index is 12.6. The van der Waals surface area contributed by atoms with Crippen LogP contribution in [0.2, 0.25) is 0 Å². The second-order valence-corrected chi connectivity index (χ2v) is 5.64. The van der Waals surface area contributed by atoms with E-state index in [1.807, 2.05) is 0 Å². The number of piperidine rings is 1. The van der Waals surface area contributed by atoms with E-state index >= 15 is 0 Å². The van der Waals surface area contributed by atoms with Crippen LogP contribution in [-0.4, -0.2) is 42.0 Å². The lowest BCUT2D eigenvalue weighted by Crippen LogP contribution is -2.37. The van der Waals surface area contributed by atoms with Crippen molar-refractivity contribution in [2.45, 2.75) is 51.9 Å². The van der Waals surface area contributed by atoms with Gasteiger partial charge < -0.3 is 15.3 Å². The van der Waals surface area contributed by atoms with Crippen LogP contribution < -0.4 is 5.32 Å².